The summed E-state index contributed by atoms with van der Waals surface area (Å²) in [7, 11) is 0. The summed E-state index contributed by atoms with van der Waals surface area (Å²) in [5.74, 6) is 0. The van der Waals surface area contributed by atoms with Gasteiger partial charge >= 0.3 is 0 Å². The molecule has 0 amide bonds. The van der Waals surface area contributed by atoms with E-state index in [2.05, 4.69) is 36.1 Å². The van der Waals surface area contributed by atoms with Gasteiger partial charge in [-0.3, -0.25) is 4.79 Å². The van der Waals surface area contributed by atoms with Crippen molar-refractivity contribution in [3.05, 3.63) is 64.1 Å². The summed E-state index contributed by atoms with van der Waals surface area (Å²) in [5, 5.41) is 0. The molecular weight excluding hydrogens is 288 g/mol. The molecule has 1 unspecified atom stereocenters. The van der Waals surface area contributed by atoms with Crippen LogP contribution in [0.2, 0.25) is 0 Å². The molecule has 2 aromatic rings. The van der Waals surface area contributed by atoms with Gasteiger partial charge in [-0.05, 0) is 25.0 Å². The van der Waals surface area contributed by atoms with Gasteiger partial charge in [-0.2, -0.15) is 0 Å². The van der Waals surface area contributed by atoms with Gasteiger partial charge in [0.2, 0.25) is 0 Å². The lowest BCUT2D eigenvalue weighted by atomic mass is 9.82. The molecule has 0 N–H and O–H groups in total. The molecule has 0 radical (unpaired) electrons. The Labute approximate surface area is 136 Å². The smallest absolute Gasteiger partial charge is 0.253 e. The molecule has 0 saturated carbocycles. The zero-order chi connectivity index (χ0) is 16.4. The highest BCUT2D eigenvalue weighted by Gasteiger charge is 2.35. The Bertz CT molecular complexity index is 767. The van der Waals surface area contributed by atoms with Crippen molar-refractivity contribution in [2.75, 3.05) is 18.0 Å². The average Bonchev–Trinajstić information content (AvgIpc) is 2.95. The van der Waals surface area contributed by atoms with E-state index >= 15 is 0 Å². The number of hydrogen-bond acceptors (Lipinski definition) is 3. The molecule has 4 nitrogen and oxygen atoms in total. The van der Waals surface area contributed by atoms with Gasteiger partial charge in [-0.25, -0.2) is 0 Å². The molecule has 2 heterocycles. The fourth-order valence-electron chi connectivity index (χ4n) is 3.46. The Kier molecular flexibility index (Phi) is 4.07. The van der Waals surface area contributed by atoms with Crippen molar-refractivity contribution in [3.63, 3.8) is 0 Å². The van der Waals surface area contributed by atoms with Crippen LogP contribution in [0.4, 0.5) is 5.69 Å². The van der Waals surface area contributed by atoms with Crippen molar-refractivity contribution >= 4 is 12.0 Å². The summed E-state index contributed by atoms with van der Waals surface area (Å²) in [6.45, 7) is 6.10. The van der Waals surface area contributed by atoms with Crippen LogP contribution in [0.5, 0.6) is 0 Å². The van der Waals surface area contributed by atoms with E-state index in [1.54, 1.807) is 6.07 Å². The van der Waals surface area contributed by atoms with E-state index < -0.39 is 0 Å². The van der Waals surface area contributed by atoms with Gasteiger partial charge in [0, 0.05) is 36.0 Å². The highest BCUT2D eigenvalue weighted by Crippen LogP contribution is 2.36. The maximum atomic E-state index is 12.2. The van der Waals surface area contributed by atoms with Gasteiger partial charge in [-0.15, -0.1) is 0 Å². The summed E-state index contributed by atoms with van der Waals surface area (Å²) in [5.41, 5.74) is 3.11. The Morgan fingerprint density at radius 2 is 1.96 bits per heavy atom. The summed E-state index contributed by atoms with van der Waals surface area (Å²) in [6.07, 6.45) is 1.82. The van der Waals surface area contributed by atoms with Crippen LogP contribution in [0.1, 0.15) is 24.6 Å². The van der Waals surface area contributed by atoms with Crippen molar-refractivity contribution in [1.29, 1.82) is 0 Å². The average molecular weight is 310 g/mol. The lowest BCUT2D eigenvalue weighted by Crippen LogP contribution is -2.30. The number of aldehydes is 1. The molecule has 1 saturated heterocycles. The van der Waals surface area contributed by atoms with Crippen LogP contribution < -0.4 is 10.5 Å². The predicted molar refractivity (Wildman–Crippen MR) is 92.1 cm³/mol. The van der Waals surface area contributed by atoms with Crippen molar-refractivity contribution < 1.29 is 4.79 Å². The third-order valence-corrected chi connectivity index (χ3v) is 4.89. The summed E-state index contributed by atoms with van der Waals surface area (Å²) < 4.78 is 1.50. The fourth-order valence-corrected chi connectivity index (χ4v) is 3.46. The first-order chi connectivity index (χ1) is 11.0. The predicted octanol–water partition coefficient (Wildman–Crippen LogP) is 2.52. The first kappa shape index (κ1) is 15.5. The van der Waals surface area contributed by atoms with E-state index in [1.807, 2.05) is 19.1 Å². The van der Waals surface area contributed by atoms with Gasteiger partial charge in [0.25, 0.3) is 5.56 Å². The van der Waals surface area contributed by atoms with Crippen LogP contribution in [0.25, 0.3) is 0 Å². The molecule has 1 aromatic heterocycles. The first-order valence-electron chi connectivity index (χ1n) is 7.99. The van der Waals surface area contributed by atoms with Crippen LogP contribution in [-0.2, 0) is 16.8 Å². The minimum Gasteiger partial charge on any atom is -0.370 e. The SMILES string of the molecule is Cc1cc(N2CCC(C)(c3ccccc3)C2)cc(=O)n1CC=O. The van der Waals surface area contributed by atoms with Gasteiger partial charge in [0.1, 0.15) is 6.29 Å². The minimum atomic E-state index is -0.111. The first-order valence-corrected chi connectivity index (χ1v) is 7.99. The van der Waals surface area contributed by atoms with E-state index in [4.69, 9.17) is 0 Å². The Hall–Kier alpha value is -2.36. The number of hydrogen-bond donors (Lipinski definition) is 0. The Balaban J connectivity index is 1.87. The van der Waals surface area contributed by atoms with Crippen LogP contribution in [0.15, 0.2) is 47.3 Å². The van der Waals surface area contributed by atoms with Crippen molar-refractivity contribution in [2.45, 2.75) is 32.2 Å². The molecule has 1 aromatic carbocycles. The molecule has 0 aliphatic carbocycles. The molecule has 1 atom stereocenters. The second kappa shape index (κ2) is 6.03. The lowest BCUT2D eigenvalue weighted by molar-refractivity contribution is -0.108. The number of rotatable bonds is 4. The number of nitrogens with zero attached hydrogens (tertiary/aromatic N) is 2. The quantitative estimate of drug-likeness (QED) is 0.815. The molecule has 0 spiro atoms. The number of aryl methyl sites for hydroxylation is 1. The van der Waals surface area contributed by atoms with Crippen LogP contribution >= 0.6 is 0 Å². The van der Waals surface area contributed by atoms with Crippen LogP contribution in [0, 0.1) is 6.92 Å². The molecule has 1 aliphatic rings. The van der Waals surface area contributed by atoms with E-state index in [9.17, 15) is 9.59 Å². The topological polar surface area (TPSA) is 42.3 Å². The molecular formula is C19H22N2O2. The molecule has 3 rings (SSSR count). The maximum Gasteiger partial charge on any atom is 0.253 e. The normalized spacial score (nSPS) is 20.7. The second-order valence-electron chi connectivity index (χ2n) is 6.57. The monoisotopic (exact) mass is 310 g/mol. The summed E-state index contributed by atoms with van der Waals surface area (Å²) >= 11 is 0. The van der Waals surface area contributed by atoms with Crippen molar-refractivity contribution in [2.24, 2.45) is 0 Å². The number of benzene rings is 1. The van der Waals surface area contributed by atoms with Crippen molar-refractivity contribution in [3.8, 4) is 0 Å². The maximum absolute atomic E-state index is 12.2. The molecule has 1 aliphatic heterocycles. The minimum absolute atomic E-state index is 0.104. The fraction of sp³-hybridized carbons (Fsp3) is 0.368. The zero-order valence-corrected chi connectivity index (χ0v) is 13.7. The Morgan fingerprint density at radius 1 is 1.22 bits per heavy atom. The van der Waals surface area contributed by atoms with Gasteiger partial charge in [0.15, 0.2) is 0 Å². The zero-order valence-electron chi connectivity index (χ0n) is 13.7. The van der Waals surface area contributed by atoms with E-state index in [1.165, 1.54) is 10.1 Å². The molecule has 23 heavy (non-hydrogen) atoms. The number of carbonyl (C=O) groups excluding carboxylic acids is 1. The van der Waals surface area contributed by atoms with Crippen LogP contribution in [0.3, 0.4) is 0 Å². The molecule has 4 heteroatoms. The highest BCUT2D eigenvalue weighted by molar-refractivity contribution is 5.52. The van der Waals surface area contributed by atoms with E-state index in [-0.39, 0.29) is 17.5 Å². The van der Waals surface area contributed by atoms with E-state index in [0.29, 0.717) is 0 Å². The lowest BCUT2D eigenvalue weighted by Gasteiger charge is -2.26. The van der Waals surface area contributed by atoms with Crippen molar-refractivity contribution in [1.82, 2.24) is 4.57 Å². The number of aromatic nitrogens is 1. The number of anilines is 1. The third-order valence-electron chi connectivity index (χ3n) is 4.89. The summed E-state index contributed by atoms with van der Waals surface area (Å²) in [4.78, 5) is 25.2. The number of carbonyl (C=O) groups is 1. The third kappa shape index (κ3) is 2.93. The van der Waals surface area contributed by atoms with Gasteiger partial charge < -0.3 is 14.3 Å². The van der Waals surface area contributed by atoms with E-state index in [0.717, 1.165) is 37.2 Å². The molecule has 120 valence electrons. The molecule has 1 fully saturated rings. The Morgan fingerprint density at radius 3 is 2.61 bits per heavy atom. The standard InChI is InChI=1S/C19H22N2O2/c1-15-12-17(13-18(23)21(15)10-11-22)20-9-8-19(2,14-20)16-6-4-3-5-7-16/h3-7,11-13H,8-10,14H2,1-2H3. The molecule has 0 bridgehead atoms. The largest absolute Gasteiger partial charge is 0.370 e. The number of pyridine rings is 1. The van der Waals surface area contributed by atoms with Crippen LogP contribution in [-0.4, -0.2) is 23.9 Å². The second-order valence-corrected chi connectivity index (χ2v) is 6.57. The summed E-state index contributed by atoms with van der Waals surface area (Å²) in [6, 6.07) is 14.2. The highest BCUT2D eigenvalue weighted by atomic mass is 16.1. The van der Waals surface area contributed by atoms with Gasteiger partial charge in [-0.1, -0.05) is 37.3 Å². The van der Waals surface area contributed by atoms with Gasteiger partial charge in [0.05, 0.1) is 6.54 Å².